The maximum absolute atomic E-state index is 10.6. The van der Waals surface area contributed by atoms with Gasteiger partial charge in [0, 0.05) is 5.41 Å². The van der Waals surface area contributed by atoms with Gasteiger partial charge in [-0.3, -0.25) is 5.10 Å². The van der Waals surface area contributed by atoms with Crippen LogP contribution in [0, 0.1) is 11.3 Å². The van der Waals surface area contributed by atoms with E-state index in [0.29, 0.717) is 11.4 Å². The van der Waals surface area contributed by atoms with Crippen molar-refractivity contribution in [3.05, 3.63) is 47.8 Å². The number of aromatic amines is 1. The third kappa shape index (κ3) is 3.12. The number of benzene rings is 1. The fourth-order valence-corrected chi connectivity index (χ4v) is 2.28. The maximum Gasteiger partial charge on any atom is 0.243 e. The van der Waals surface area contributed by atoms with Crippen molar-refractivity contribution in [3.63, 3.8) is 0 Å². The number of nitriles is 1. The summed E-state index contributed by atoms with van der Waals surface area (Å²) in [4.78, 5) is 0. The molecule has 126 valence electrons. The monoisotopic (exact) mass is 335 g/mol. The number of aromatic hydroxyl groups is 1. The van der Waals surface area contributed by atoms with Crippen molar-refractivity contribution in [2.45, 2.75) is 26.2 Å². The van der Waals surface area contributed by atoms with E-state index in [1.807, 2.05) is 57.2 Å². The summed E-state index contributed by atoms with van der Waals surface area (Å²) in [5.74, 6) is 0.118. The van der Waals surface area contributed by atoms with Crippen LogP contribution in [0.15, 0.2) is 46.8 Å². The zero-order valence-corrected chi connectivity index (χ0v) is 14.1. The molecule has 2 aromatic heterocycles. The number of rotatable bonds is 3. The summed E-state index contributed by atoms with van der Waals surface area (Å²) in [6.45, 7) is 5.92. The zero-order valence-electron chi connectivity index (χ0n) is 14.1. The molecule has 3 aromatic rings. The zero-order chi connectivity index (χ0) is 18.0. The largest absolute Gasteiger partial charge is 0.492 e. The van der Waals surface area contributed by atoms with Crippen LogP contribution >= 0.6 is 0 Å². The minimum absolute atomic E-state index is 0.113. The van der Waals surface area contributed by atoms with E-state index < -0.39 is 0 Å². The molecule has 2 heterocycles. The summed E-state index contributed by atoms with van der Waals surface area (Å²) >= 11 is 0. The molecule has 1 aromatic carbocycles. The topological polar surface area (TPSA) is 115 Å². The Morgan fingerprint density at radius 1 is 1.20 bits per heavy atom. The van der Waals surface area contributed by atoms with Gasteiger partial charge in [0.1, 0.15) is 11.6 Å². The van der Waals surface area contributed by atoms with Crippen LogP contribution < -0.4 is 0 Å². The van der Waals surface area contributed by atoms with E-state index in [1.165, 1.54) is 10.9 Å². The Bertz CT molecular complexity index is 955. The van der Waals surface area contributed by atoms with E-state index in [-0.39, 0.29) is 28.4 Å². The molecule has 8 heteroatoms. The van der Waals surface area contributed by atoms with Gasteiger partial charge < -0.3 is 5.11 Å². The molecule has 0 saturated heterocycles. The van der Waals surface area contributed by atoms with E-state index >= 15 is 0 Å². The first-order valence-electron chi connectivity index (χ1n) is 7.65. The Balaban J connectivity index is 2.12. The predicted molar refractivity (Wildman–Crippen MR) is 91.4 cm³/mol. The van der Waals surface area contributed by atoms with Crippen LogP contribution in [0.1, 0.15) is 32.0 Å². The summed E-state index contributed by atoms with van der Waals surface area (Å²) in [5, 5.41) is 38.7. The van der Waals surface area contributed by atoms with E-state index in [2.05, 4.69) is 25.5 Å². The molecule has 0 unspecified atom stereocenters. The second-order valence-electron chi connectivity index (χ2n) is 6.46. The lowest BCUT2D eigenvalue weighted by Crippen LogP contribution is -2.13. The van der Waals surface area contributed by atoms with E-state index in [0.717, 1.165) is 0 Å². The summed E-state index contributed by atoms with van der Waals surface area (Å²) in [6.07, 6.45) is 1.37. The summed E-state index contributed by atoms with van der Waals surface area (Å²) in [6, 6.07) is 11.2. The first-order chi connectivity index (χ1) is 11.9. The SMILES string of the molecule is CC(C)(C)c1nn(-c2ccccc2)c(O)c1/N=N/c1[nH]ncc1C#N. The molecule has 0 atom stereocenters. The summed E-state index contributed by atoms with van der Waals surface area (Å²) < 4.78 is 1.42. The average molecular weight is 335 g/mol. The number of H-pyrrole nitrogens is 1. The molecular weight excluding hydrogens is 318 g/mol. The Labute approximate surface area is 144 Å². The van der Waals surface area contributed by atoms with Crippen molar-refractivity contribution >= 4 is 11.5 Å². The maximum atomic E-state index is 10.6. The van der Waals surface area contributed by atoms with Crippen molar-refractivity contribution < 1.29 is 5.11 Å². The molecule has 0 aliphatic rings. The van der Waals surface area contributed by atoms with Gasteiger partial charge in [-0.15, -0.1) is 10.2 Å². The highest BCUT2D eigenvalue weighted by molar-refractivity contribution is 5.57. The van der Waals surface area contributed by atoms with Gasteiger partial charge >= 0.3 is 0 Å². The van der Waals surface area contributed by atoms with Gasteiger partial charge in [-0.25, -0.2) is 0 Å². The van der Waals surface area contributed by atoms with E-state index in [9.17, 15) is 5.11 Å². The molecule has 0 aliphatic carbocycles. The average Bonchev–Trinajstić information content (AvgIpc) is 3.17. The fourth-order valence-electron chi connectivity index (χ4n) is 2.28. The second-order valence-corrected chi connectivity index (χ2v) is 6.46. The highest BCUT2D eigenvalue weighted by atomic mass is 16.3. The van der Waals surface area contributed by atoms with Crippen LogP contribution in [0.25, 0.3) is 5.69 Å². The lowest BCUT2D eigenvalue weighted by molar-refractivity contribution is 0.434. The predicted octanol–water partition coefficient (Wildman–Crippen LogP) is 3.89. The van der Waals surface area contributed by atoms with Crippen molar-refractivity contribution in [1.82, 2.24) is 20.0 Å². The lowest BCUT2D eigenvalue weighted by Gasteiger charge is -2.15. The van der Waals surface area contributed by atoms with Crippen molar-refractivity contribution in [2.75, 3.05) is 0 Å². The smallest absolute Gasteiger partial charge is 0.243 e. The molecule has 0 amide bonds. The number of aromatic nitrogens is 4. The number of para-hydroxylation sites is 1. The van der Waals surface area contributed by atoms with Gasteiger partial charge in [0.2, 0.25) is 5.88 Å². The molecule has 0 bridgehead atoms. The normalized spacial score (nSPS) is 11.8. The van der Waals surface area contributed by atoms with Crippen molar-refractivity contribution in [1.29, 1.82) is 5.26 Å². The van der Waals surface area contributed by atoms with Gasteiger partial charge in [0.15, 0.2) is 11.5 Å². The van der Waals surface area contributed by atoms with Gasteiger partial charge in [-0.2, -0.15) is 20.1 Å². The molecule has 0 saturated carbocycles. The molecule has 0 radical (unpaired) electrons. The Hall–Kier alpha value is -3.47. The Morgan fingerprint density at radius 2 is 1.92 bits per heavy atom. The van der Waals surface area contributed by atoms with Crippen LogP contribution in [0.4, 0.5) is 11.5 Å². The number of hydrogen-bond acceptors (Lipinski definition) is 6. The molecule has 0 fully saturated rings. The third-order valence-electron chi connectivity index (χ3n) is 3.54. The highest BCUT2D eigenvalue weighted by Crippen LogP contribution is 2.40. The van der Waals surface area contributed by atoms with Gasteiger partial charge in [0.05, 0.1) is 17.6 Å². The quantitative estimate of drug-likeness (QED) is 0.706. The molecule has 0 aliphatic heterocycles. The number of hydrogen-bond donors (Lipinski definition) is 2. The van der Waals surface area contributed by atoms with Crippen LogP contribution in [-0.2, 0) is 5.41 Å². The second kappa shape index (κ2) is 6.20. The first-order valence-corrected chi connectivity index (χ1v) is 7.65. The fraction of sp³-hybridized carbons (Fsp3) is 0.235. The number of nitrogens with one attached hydrogen (secondary N) is 1. The minimum atomic E-state index is -0.363. The number of azo groups is 1. The van der Waals surface area contributed by atoms with E-state index in [1.54, 1.807) is 0 Å². The van der Waals surface area contributed by atoms with Crippen LogP contribution in [0.5, 0.6) is 5.88 Å². The first kappa shape index (κ1) is 16.4. The molecule has 3 rings (SSSR count). The van der Waals surface area contributed by atoms with Gasteiger partial charge in [-0.05, 0) is 12.1 Å². The van der Waals surface area contributed by atoms with Gasteiger partial charge in [-0.1, -0.05) is 39.0 Å². The molecular formula is C17H17N7O. The molecule has 8 nitrogen and oxygen atoms in total. The Kier molecular flexibility index (Phi) is 4.07. The van der Waals surface area contributed by atoms with E-state index in [4.69, 9.17) is 5.26 Å². The van der Waals surface area contributed by atoms with Gasteiger partial charge in [0.25, 0.3) is 0 Å². The summed E-state index contributed by atoms with van der Waals surface area (Å²) in [7, 11) is 0. The van der Waals surface area contributed by atoms with Crippen molar-refractivity contribution in [3.8, 4) is 17.6 Å². The number of nitrogens with zero attached hydrogens (tertiary/aromatic N) is 6. The Morgan fingerprint density at radius 3 is 2.56 bits per heavy atom. The van der Waals surface area contributed by atoms with Crippen LogP contribution in [0.2, 0.25) is 0 Å². The highest BCUT2D eigenvalue weighted by Gasteiger charge is 2.27. The molecule has 0 spiro atoms. The lowest BCUT2D eigenvalue weighted by atomic mass is 9.91. The van der Waals surface area contributed by atoms with Crippen LogP contribution in [0.3, 0.4) is 0 Å². The summed E-state index contributed by atoms with van der Waals surface area (Å²) in [5.41, 5.74) is 1.48. The van der Waals surface area contributed by atoms with Crippen molar-refractivity contribution in [2.24, 2.45) is 10.2 Å². The molecule has 25 heavy (non-hydrogen) atoms. The molecule has 2 N–H and O–H groups in total. The van der Waals surface area contributed by atoms with Crippen LogP contribution in [-0.4, -0.2) is 25.1 Å². The minimum Gasteiger partial charge on any atom is -0.492 e. The standard InChI is InChI=1S/C17H17N7O/c1-17(2,3)14-13(20-22-15-11(9-18)10-19-21-15)16(25)24(23-14)12-7-5-4-6-8-12/h4-8,10,25H,1-3H3,(H,19,21)/b22-20+. The third-order valence-corrected chi connectivity index (χ3v) is 3.54.